The Morgan fingerprint density at radius 3 is 2.67 bits per heavy atom. The van der Waals surface area contributed by atoms with E-state index in [1.165, 1.54) is 0 Å². The van der Waals surface area contributed by atoms with Gasteiger partial charge in [-0.15, -0.1) is 0 Å². The third-order valence-electron chi connectivity index (χ3n) is 3.78. The Kier molecular flexibility index (Phi) is 3.71. The minimum atomic E-state index is -0.925. The zero-order valence-electron chi connectivity index (χ0n) is 11.6. The number of aliphatic hydroxyl groups excluding tert-OH is 2. The molecule has 2 aromatic carbocycles. The molecule has 21 heavy (non-hydrogen) atoms. The van der Waals surface area contributed by atoms with Crippen LogP contribution in [0.25, 0.3) is 10.8 Å². The maximum atomic E-state index is 10.0. The molecule has 2 aromatic rings. The topological polar surface area (TPSA) is 79.2 Å². The van der Waals surface area contributed by atoms with Gasteiger partial charge in [-0.05, 0) is 18.4 Å². The minimum absolute atomic E-state index is 0.0190. The molecular weight excluding hydrogens is 272 g/mol. The van der Waals surface area contributed by atoms with Crippen molar-refractivity contribution < 1.29 is 24.8 Å². The van der Waals surface area contributed by atoms with Crippen molar-refractivity contribution in [3.63, 3.8) is 0 Å². The molecule has 3 rings (SSSR count). The van der Waals surface area contributed by atoms with Crippen LogP contribution in [0.15, 0.2) is 36.4 Å². The number of phenolic OH excluding ortho intramolecular Hbond substituents is 1. The first-order chi connectivity index (χ1) is 10.1. The van der Waals surface area contributed by atoms with E-state index in [1.807, 2.05) is 24.3 Å². The van der Waals surface area contributed by atoms with E-state index in [-0.39, 0.29) is 12.2 Å². The maximum absolute atomic E-state index is 10.0. The zero-order valence-corrected chi connectivity index (χ0v) is 11.6. The number of aromatic hydroxyl groups is 1. The van der Waals surface area contributed by atoms with Gasteiger partial charge in [-0.1, -0.05) is 30.3 Å². The average Bonchev–Trinajstić information content (AvgIpc) is 2.47. The molecule has 1 heterocycles. The lowest BCUT2D eigenvalue weighted by Crippen LogP contribution is -2.48. The van der Waals surface area contributed by atoms with Crippen LogP contribution in [0.4, 0.5) is 0 Å². The van der Waals surface area contributed by atoms with Crippen LogP contribution in [0, 0.1) is 0 Å². The summed E-state index contributed by atoms with van der Waals surface area (Å²) in [6, 6.07) is 10.9. The minimum Gasteiger partial charge on any atom is -0.504 e. The lowest BCUT2D eigenvalue weighted by atomic mass is 10.0. The van der Waals surface area contributed by atoms with E-state index in [1.54, 1.807) is 19.1 Å². The molecule has 0 radical (unpaired) electrons. The van der Waals surface area contributed by atoms with Crippen molar-refractivity contribution in [3.8, 4) is 11.5 Å². The normalized spacial score (nSPS) is 29.5. The summed E-state index contributed by atoms with van der Waals surface area (Å²) in [6.07, 6.45) is -2.93. The van der Waals surface area contributed by atoms with Gasteiger partial charge in [-0.25, -0.2) is 0 Å². The average molecular weight is 290 g/mol. The fourth-order valence-electron chi connectivity index (χ4n) is 2.59. The fraction of sp³-hybridized carbons (Fsp3) is 0.375. The third kappa shape index (κ3) is 2.68. The van der Waals surface area contributed by atoms with E-state index >= 15 is 0 Å². The van der Waals surface area contributed by atoms with Crippen molar-refractivity contribution in [1.29, 1.82) is 0 Å². The van der Waals surface area contributed by atoms with Gasteiger partial charge in [-0.3, -0.25) is 0 Å². The predicted molar refractivity (Wildman–Crippen MR) is 77.2 cm³/mol. The van der Waals surface area contributed by atoms with E-state index in [4.69, 9.17) is 9.47 Å². The molecule has 0 aliphatic carbocycles. The summed E-state index contributed by atoms with van der Waals surface area (Å²) in [7, 11) is 0. The first-order valence-electron chi connectivity index (χ1n) is 6.95. The Balaban J connectivity index is 1.90. The smallest absolute Gasteiger partial charge is 0.203 e. The Morgan fingerprint density at radius 1 is 1.14 bits per heavy atom. The number of fused-ring (bicyclic) bond motifs is 1. The largest absolute Gasteiger partial charge is 0.504 e. The lowest BCUT2D eigenvalue weighted by Gasteiger charge is -2.35. The molecule has 0 aromatic heterocycles. The molecule has 0 unspecified atom stereocenters. The number of ether oxygens (including phenoxy) is 2. The highest BCUT2D eigenvalue weighted by atomic mass is 16.7. The monoisotopic (exact) mass is 290 g/mol. The van der Waals surface area contributed by atoms with Crippen molar-refractivity contribution >= 4 is 10.8 Å². The molecule has 1 aliphatic heterocycles. The van der Waals surface area contributed by atoms with Crippen LogP contribution >= 0.6 is 0 Å². The second kappa shape index (κ2) is 5.52. The molecular formula is C16H18O5. The molecule has 0 spiro atoms. The standard InChI is InChI=1S/C16H18O5/c1-9-15(19)13(18)8-14(20-9)21-16-11-5-3-2-4-10(11)6-7-12(16)17/h2-7,9,13-15,17-19H,8H2,1H3/t9-,13-,14+,15+/m1/s1. The van der Waals surface area contributed by atoms with Gasteiger partial charge in [0.15, 0.2) is 11.5 Å². The summed E-state index contributed by atoms with van der Waals surface area (Å²) in [5.74, 6) is 0.347. The quantitative estimate of drug-likeness (QED) is 0.785. The van der Waals surface area contributed by atoms with E-state index in [0.29, 0.717) is 5.75 Å². The molecule has 1 saturated heterocycles. The number of benzene rings is 2. The van der Waals surface area contributed by atoms with Gasteiger partial charge < -0.3 is 24.8 Å². The number of rotatable bonds is 2. The Morgan fingerprint density at radius 2 is 1.90 bits per heavy atom. The SMILES string of the molecule is C[C@H]1O[C@@H](Oc2c(O)ccc3ccccc23)C[C@@H](O)[C@H]1O. The summed E-state index contributed by atoms with van der Waals surface area (Å²) in [5.41, 5.74) is 0. The van der Waals surface area contributed by atoms with Gasteiger partial charge >= 0.3 is 0 Å². The fourth-order valence-corrected chi connectivity index (χ4v) is 2.59. The lowest BCUT2D eigenvalue weighted by molar-refractivity contribution is -0.216. The highest BCUT2D eigenvalue weighted by molar-refractivity contribution is 5.90. The van der Waals surface area contributed by atoms with Gasteiger partial charge in [0, 0.05) is 11.8 Å². The highest BCUT2D eigenvalue weighted by Gasteiger charge is 2.35. The third-order valence-corrected chi connectivity index (χ3v) is 3.78. The van der Waals surface area contributed by atoms with Gasteiger partial charge in [-0.2, -0.15) is 0 Å². The van der Waals surface area contributed by atoms with Crippen LogP contribution in [-0.2, 0) is 4.74 Å². The first-order valence-corrected chi connectivity index (χ1v) is 6.95. The molecule has 1 aliphatic rings. The van der Waals surface area contributed by atoms with Crippen LogP contribution in [-0.4, -0.2) is 39.9 Å². The zero-order chi connectivity index (χ0) is 15.0. The molecule has 0 bridgehead atoms. The van der Waals surface area contributed by atoms with Crippen LogP contribution in [0.3, 0.4) is 0 Å². The van der Waals surface area contributed by atoms with Crippen LogP contribution in [0.2, 0.25) is 0 Å². The molecule has 3 N–H and O–H groups in total. The van der Waals surface area contributed by atoms with Crippen molar-refractivity contribution in [2.45, 2.75) is 37.9 Å². The van der Waals surface area contributed by atoms with E-state index in [2.05, 4.69) is 0 Å². The van der Waals surface area contributed by atoms with Crippen molar-refractivity contribution in [2.75, 3.05) is 0 Å². The van der Waals surface area contributed by atoms with Gasteiger partial charge in [0.2, 0.25) is 6.29 Å². The number of hydrogen-bond donors (Lipinski definition) is 3. The van der Waals surface area contributed by atoms with E-state index in [0.717, 1.165) is 10.8 Å². The second-order valence-corrected chi connectivity index (χ2v) is 5.32. The summed E-state index contributed by atoms with van der Waals surface area (Å²) in [5, 5.41) is 31.2. The van der Waals surface area contributed by atoms with Gasteiger partial charge in [0.25, 0.3) is 0 Å². The predicted octanol–water partition coefficient (Wildman–Crippen LogP) is 1.78. The molecule has 4 atom stereocenters. The highest BCUT2D eigenvalue weighted by Crippen LogP contribution is 2.36. The van der Waals surface area contributed by atoms with Gasteiger partial charge in [0.05, 0.1) is 12.2 Å². The Bertz CT molecular complexity index is 630. The summed E-state index contributed by atoms with van der Waals surface area (Å²) in [6.45, 7) is 1.67. The number of phenols is 1. The van der Waals surface area contributed by atoms with Crippen LogP contribution in [0.5, 0.6) is 11.5 Å². The summed E-state index contributed by atoms with van der Waals surface area (Å²) >= 11 is 0. The summed E-state index contributed by atoms with van der Waals surface area (Å²) < 4.78 is 11.3. The molecule has 5 nitrogen and oxygen atoms in total. The Labute approximate surface area is 122 Å². The van der Waals surface area contributed by atoms with Crippen molar-refractivity contribution in [3.05, 3.63) is 36.4 Å². The van der Waals surface area contributed by atoms with E-state index < -0.39 is 24.6 Å². The number of hydrogen-bond acceptors (Lipinski definition) is 5. The first kappa shape index (κ1) is 14.1. The molecule has 1 fully saturated rings. The maximum Gasteiger partial charge on any atom is 0.203 e. The summed E-state index contributed by atoms with van der Waals surface area (Å²) in [4.78, 5) is 0. The molecule has 0 amide bonds. The van der Waals surface area contributed by atoms with Crippen molar-refractivity contribution in [1.82, 2.24) is 0 Å². The van der Waals surface area contributed by atoms with Gasteiger partial charge in [0.1, 0.15) is 6.10 Å². The Hall–Kier alpha value is -1.82. The second-order valence-electron chi connectivity index (χ2n) is 5.32. The molecule has 5 heteroatoms. The molecule has 112 valence electrons. The number of aliphatic hydroxyl groups is 2. The van der Waals surface area contributed by atoms with Crippen LogP contribution < -0.4 is 4.74 Å². The van der Waals surface area contributed by atoms with Crippen molar-refractivity contribution in [2.24, 2.45) is 0 Å². The van der Waals surface area contributed by atoms with E-state index in [9.17, 15) is 15.3 Å². The van der Waals surface area contributed by atoms with Crippen LogP contribution in [0.1, 0.15) is 13.3 Å². The molecule has 0 saturated carbocycles.